The number of carbonyl (C=O) groups excluding carboxylic acids is 2. The van der Waals surface area contributed by atoms with Crippen LogP contribution in [-0.4, -0.2) is 41.0 Å². The molecule has 1 saturated heterocycles. The Morgan fingerprint density at radius 3 is 2.33 bits per heavy atom. The van der Waals surface area contributed by atoms with Gasteiger partial charge in [-0.25, -0.2) is 0 Å². The van der Waals surface area contributed by atoms with Crippen LogP contribution in [0.5, 0.6) is 5.75 Å². The van der Waals surface area contributed by atoms with Crippen LogP contribution < -0.4 is 11.5 Å². The van der Waals surface area contributed by atoms with Crippen LogP contribution in [0.15, 0.2) is 24.3 Å². The van der Waals surface area contributed by atoms with Gasteiger partial charge in [0.15, 0.2) is 0 Å². The van der Waals surface area contributed by atoms with Gasteiger partial charge >= 0.3 is 0 Å². The maximum atomic E-state index is 12.3. The van der Waals surface area contributed by atoms with Gasteiger partial charge in [-0.1, -0.05) is 12.1 Å². The molecule has 1 aromatic carbocycles. The average molecular weight is 291 g/mol. The number of hydrogen-bond acceptors (Lipinski definition) is 4. The molecule has 1 aromatic rings. The van der Waals surface area contributed by atoms with Gasteiger partial charge in [-0.2, -0.15) is 0 Å². The van der Waals surface area contributed by atoms with Crippen molar-refractivity contribution in [3.63, 3.8) is 0 Å². The molecule has 0 spiro atoms. The number of nitrogens with two attached hydrogens (primary N) is 2. The van der Waals surface area contributed by atoms with E-state index in [1.165, 1.54) is 0 Å². The minimum atomic E-state index is -0.611. The van der Waals surface area contributed by atoms with Crippen LogP contribution in [-0.2, 0) is 16.0 Å². The molecule has 6 heteroatoms. The molecule has 1 unspecified atom stereocenters. The van der Waals surface area contributed by atoms with Crippen molar-refractivity contribution < 1.29 is 14.7 Å². The molecule has 5 N–H and O–H groups in total. The highest BCUT2D eigenvalue weighted by molar-refractivity contribution is 5.82. The number of aromatic hydroxyl groups is 1. The summed E-state index contributed by atoms with van der Waals surface area (Å²) >= 11 is 0. The zero-order chi connectivity index (χ0) is 15.4. The molecule has 0 aromatic heterocycles. The largest absolute Gasteiger partial charge is 0.508 e. The number of phenols is 1. The van der Waals surface area contributed by atoms with Crippen molar-refractivity contribution in [1.29, 1.82) is 0 Å². The predicted octanol–water partition coefficient (Wildman–Crippen LogP) is -0.0141. The highest BCUT2D eigenvalue weighted by atomic mass is 16.3. The van der Waals surface area contributed by atoms with Crippen molar-refractivity contribution in [2.75, 3.05) is 13.1 Å². The van der Waals surface area contributed by atoms with Crippen molar-refractivity contribution in [3.05, 3.63) is 29.8 Å². The first-order valence-corrected chi connectivity index (χ1v) is 7.09. The Hall–Kier alpha value is -2.08. The van der Waals surface area contributed by atoms with Crippen LogP contribution in [0.3, 0.4) is 0 Å². The van der Waals surface area contributed by atoms with E-state index in [4.69, 9.17) is 11.5 Å². The fourth-order valence-electron chi connectivity index (χ4n) is 2.59. The Bertz CT molecular complexity index is 507. The number of nitrogens with zero attached hydrogens (tertiary/aromatic N) is 1. The number of phenolic OH excluding ortho intramolecular Hbond substituents is 1. The molecule has 114 valence electrons. The molecule has 6 nitrogen and oxygen atoms in total. The van der Waals surface area contributed by atoms with Crippen molar-refractivity contribution in [3.8, 4) is 5.75 Å². The summed E-state index contributed by atoms with van der Waals surface area (Å²) in [6.07, 6.45) is 1.63. The van der Waals surface area contributed by atoms with Crippen LogP contribution in [0.1, 0.15) is 18.4 Å². The third-order valence-corrected chi connectivity index (χ3v) is 3.92. The third-order valence-electron chi connectivity index (χ3n) is 3.92. The number of amides is 2. The van der Waals surface area contributed by atoms with Crippen molar-refractivity contribution >= 4 is 11.8 Å². The van der Waals surface area contributed by atoms with Gasteiger partial charge in [0.2, 0.25) is 11.8 Å². The van der Waals surface area contributed by atoms with Gasteiger partial charge in [0.05, 0.1) is 6.04 Å². The molecular formula is C15H21N3O3. The van der Waals surface area contributed by atoms with E-state index in [0.29, 0.717) is 32.4 Å². The van der Waals surface area contributed by atoms with Crippen molar-refractivity contribution in [1.82, 2.24) is 4.90 Å². The first-order chi connectivity index (χ1) is 9.97. The topological polar surface area (TPSA) is 110 Å². The third kappa shape index (κ3) is 3.95. The van der Waals surface area contributed by atoms with E-state index < -0.39 is 6.04 Å². The summed E-state index contributed by atoms with van der Waals surface area (Å²) in [4.78, 5) is 25.1. The Labute approximate surface area is 123 Å². The number of rotatable bonds is 4. The number of likely N-dealkylation sites (tertiary alicyclic amines) is 1. The van der Waals surface area contributed by atoms with Crippen molar-refractivity contribution in [2.24, 2.45) is 17.4 Å². The normalized spacial score (nSPS) is 17.5. The average Bonchev–Trinajstić information content (AvgIpc) is 2.49. The molecule has 2 rings (SSSR count). The summed E-state index contributed by atoms with van der Waals surface area (Å²) in [5.74, 6) is -0.351. The molecule has 2 amide bonds. The monoisotopic (exact) mass is 291 g/mol. The van der Waals surface area contributed by atoms with E-state index in [0.717, 1.165) is 5.56 Å². The van der Waals surface area contributed by atoms with Gasteiger partial charge in [0.25, 0.3) is 0 Å². The molecule has 0 saturated carbocycles. The highest BCUT2D eigenvalue weighted by Crippen LogP contribution is 2.18. The van der Waals surface area contributed by atoms with Crippen LogP contribution in [0, 0.1) is 5.92 Å². The van der Waals surface area contributed by atoms with E-state index in [1.54, 1.807) is 29.2 Å². The van der Waals surface area contributed by atoms with Gasteiger partial charge in [-0.3, -0.25) is 9.59 Å². The zero-order valence-electron chi connectivity index (χ0n) is 11.9. The number of hydrogen-bond donors (Lipinski definition) is 3. The lowest BCUT2D eigenvalue weighted by atomic mass is 9.95. The maximum absolute atomic E-state index is 12.3. The number of piperidine rings is 1. The van der Waals surface area contributed by atoms with E-state index in [1.807, 2.05) is 0 Å². The van der Waals surface area contributed by atoms with Gasteiger partial charge in [0.1, 0.15) is 5.75 Å². The Morgan fingerprint density at radius 2 is 1.81 bits per heavy atom. The minimum Gasteiger partial charge on any atom is -0.508 e. The predicted molar refractivity (Wildman–Crippen MR) is 78.3 cm³/mol. The summed E-state index contributed by atoms with van der Waals surface area (Å²) < 4.78 is 0. The highest BCUT2D eigenvalue weighted by Gasteiger charge is 2.28. The SMILES string of the molecule is NC(=O)C1CCN(C(=O)C(N)Cc2ccc(O)cc2)CC1. The van der Waals surface area contributed by atoms with E-state index in [9.17, 15) is 14.7 Å². The molecular weight excluding hydrogens is 270 g/mol. The van der Waals surface area contributed by atoms with Gasteiger partial charge in [-0.15, -0.1) is 0 Å². The second kappa shape index (κ2) is 6.58. The fraction of sp³-hybridized carbons (Fsp3) is 0.467. The Morgan fingerprint density at radius 1 is 1.24 bits per heavy atom. The van der Waals surface area contributed by atoms with Crippen LogP contribution >= 0.6 is 0 Å². The lowest BCUT2D eigenvalue weighted by Gasteiger charge is -2.32. The first kappa shape index (κ1) is 15.3. The number of benzene rings is 1. The molecule has 0 aliphatic carbocycles. The van der Waals surface area contributed by atoms with Crippen LogP contribution in [0.4, 0.5) is 0 Å². The molecule has 1 heterocycles. The van der Waals surface area contributed by atoms with Crippen LogP contribution in [0.25, 0.3) is 0 Å². The number of carbonyl (C=O) groups is 2. The van der Waals surface area contributed by atoms with Crippen molar-refractivity contribution in [2.45, 2.75) is 25.3 Å². The summed E-state index contributed by atoms with van der Waals surface area (Å²) in [7, 11) is 0. The lowest BCUT2D eigenvalue weighted by Crippen LogP contribution is -2.49. The molecule has 21 heavy (non-hydrogen) atoms. The second-order valence-electron chi connectivity index (χ2n) is 5.48. The molecule has 1 aliphatic rings. The molecule has 0 radical (unpaired) electrons. The van der Waals surface area contributed by atoms with Gasteiger partial charge in [0, 0.05) is 19.0 Å². The second-order valence-corrected chi connectivity index (χ2v) is 5.48. The van der Waals surface area contributed by atoms with E-state index in [-0.39, 0.29) is 23.5 Å². The molecule has 1 atom stereocenters. The summed E-state index contributed by atoms with van der Waals surface area (Å²) in [6, 6.07) is 6.04. The Kier molecular flexibility index (Phi) is 4.80. The minimum absolute atomic E-state index is 0.106. The van der Waals surface area contributed by atoms with Crippen LogP contribution in [0.2, 0.25) is 0 Å². The van der Waals surface area contributed by atoms with Gasteiger partial charge < -0.3 is 21.5 Å². The fourth-order valence-corrected chi connectivity index (χ4v) is 2.59. The smallest absolute Gasteiger partial charge is 0.239 e. The summed E-state index contributed by atoms with van der Waals surface area (Å²) in [5, 5.41) is 9.23. The molecule has 1 fully saturated rings. The first-order valence-electron chi connectivity index (χ1n) is 7.09. The standard InChI is InChI=1S/C15H21N3O3/c16-13(9-10-1-3-12(19)4-2-10)15(21)18-7-5-11(6-8-18)14(17)20/h1-4,11,13,19H,5-9,16H2,(H2,17,20). The molecule has 1 aliphatic heterocycles. The van der Waals surface area contributed by atoms with E-state index >= 15 is 0 Å². The van der Waals surface area contributed by atoms with Gasteiger partial charge in [-0.05, 0) is 37.0 Å². The van der Waals surface area contributed by atoms with E-state index in [2.05, 4.69) is 0 Å². The Balaban J connectivity index is 1.88. The molecule has 0 bridgehead atoms. The number of primary amides is 1. The zero-order valence-corrected chi connectivity index (χ0v) is 11.9. The summed E-state index contributed by atoms with van der Waals surface area (Å²) in [5.41, 5.74) is 12.1. The maximum Gasteiger partial charge on any atom is 0.239 e. The quantitative estimate of drug-likeness (QED) is 0.724. The summed E-state index contributed by atoms with van der Waals surface area (Å²) in [6.45, 7) is 1.05. The lowest BCUT2D eigenvalue weighted by molar-refractivity contribution is -0.136.